The van der Waals surface area contributed by atoms with Crippen molar-refractivity contribution in [1.82, 2.24) is 0 Å². The molecule has 0 bridgehead atoms. The van der Waals surface area contributed by atoms with Crippen molar-refractivity contribution in [3.8, 4) is 0 Å². The molecule has 0 saturated heterocycles. The molecule has 0 amide bonds. The van der Waals surface area contributed by atoms with Crippen molar-refractivity contribution < 1.29 is 14.4 Å². The minimum Gasteiger partial charge on any atom is -0.324 e. The minimum absolute atomic E-state index is 0.295. The van der Waals surface area contributed by atoms with Crippen LogP contribution in [0.1, 0.15) is 0 Å². The lowest BCUT2D eigenvalue weighted by molar-refractivity contribution is 0.376. The van der Waals surface area contributed by atoms with Gasteiger partial charge in [0.15, 0.2) is 0 Å². The minimum atomic E-state index is -3.91. The van der Waals surface area contributed by atoms with Crippen molar-refractivity contribution in [2.24, 2.45) is 0 Å². The van der Waals surface area contributed by atoms with Crippen LogP contribution in [0.5, 0.6) is 0 Å². The zero-order valence-electron chi connectivity index (χ0n) is 4.95. The van der Waals surface area contributed by atoms with E-state index in [9.17, 15) is 4.57 Å². The van der Waals surface area contributed by atoms with Crippen LogP contribution < -0.4 is 0 Å². The first-order valence-corrected chi connectivity index (χ1v) is 4.10. The van der Waals surface area contributed by atoms with E-state index in [2.05, 4.69) is 13.2 Å². The van der Waals surface area contributed by atoms with Crippen LogP contribution in [-0.2, 0) is 4.57 Å². The van der Waals surface area contributed by atoms with Gasteiger partial charge in [0, 0.05) is 0 Å². The van der Waals surface area contributed by atoms with Crippen LogP contribution in [0, 0.1) is 0 Å². The Morgan fingerprint density at radius 3 is 2.22 bits per heavy atom. The Morgan fingerprint density at radius 1 is 1.67 bits per heavy atom. The van der Waals surface area contributed by atoms with Crippen LogP contribution in [0.15, 0.2) is 24.8 Å². The summed E-state index contributed by atoms with van der Waals surface area (Å²) in [6.07, 6.45) is 1.04. The summed E-state index contributed by atoms with van der Waals surface area (Å²) in [5, 5.41) is 0. The van der Waals surface area contributed by atoms with Gasteiger partial charge in [-0.2, -0.15) is 0 Å². The average molecular weight is 148 g/mol. The van der Waals surface area contributed by atoms with E-state index in [1.54, 1.807) is 0 Å². The standard InChI is InChI=1S/C5H9O3P/c1-3-5(2)4-9(6,7)8/h3H,1-2,4H2,(H2,6,7,8). The lowest BCUT2D eigenvalue weighted by Crippen LogP contribution is -1.87. The second-order valence-corrected chi connectivity index (χ2v) is 3.33. The summed E-state index contributed by atoms with van der Waals surface area (Å²) in [6.45, 7) is 6.65. The van der Waals surface area contributed by atoms with Crippen LogP contribution in [0.3, 0.4) is 0 Å². The Morgan fingerprint density at radius 2 is 2.11 bits per heavy atom. The van der Waals surface area contributed by atoms with Crippen LogP contribution in [0.25, 0.3) is 0 Å². The predicted molar refractivity (Wildman–Crippen MR) is 36.2 cm³/mol. The maximum atomic E-state index is 10.2. The molecule has 0 atom stereocenters. The predicted octanol–water partition coefficient (Wildman–Crippen LogP) is 0.906. The molecule has 9 heavy (non-hydrogen) atoms. The van der Waals surface area contributed by atoms with E-state index in [1.807, 2.05) is 0 Å². The van der Waals surface area contributed by atoms with Crippen LogP contribution in [-0.4, -0.2) is 15.9 Å². The van der Waals surface area contributed by atoms with Gasteiger partial charge in [-0.05, 0) is 5.57 Å². The first-order valence-electron chi connectivity index (χ1n) is 2.30. The molecule has 0 rings (SSSR count). The normalized spacial score (nSPS) is 10.9. The highest BCUT2D eigenvalue weighted by Gasteiger charge is 2.12. The first-order chi connectivity index (χ1) is 3.95. The van der Waals surface area contributed by atoms with Crippen LogP contribution >= 0.6 is 7.60 Å². The van der Waals surface area contributed by atoms with E-state index in [0.29, 0.717) is 5.57 Å². The Hall–Kier alpha value is -0.370. The smallest absolute Gasteiger partial charge is 0.324 e. The highest BCUT2D eigenvalue weighted by Crippen LogP contribution is 2.36. The molecule has 0 aromatic heterocycles. The molecule has 0 aliphatic rings. The molecule has 4 heteroatoms. The lowest BCUT2D eigenvalue weighted by Gasteiger charge is -2.00. The third-order valence-corrected chi connectivity index (χ3v) is 1.52. The van der Waals surface area contributed by atoms with E-state index in [1.165, 1.54) is 6.08 Å². The molecule has 3 nitrogen and oxygen atoms in total. The summed E-state index contributed by atoms with van der Waals surface area (Å²) < 4.78 is 10.2. The van der Waals surface area contributed by atoms with E-state index in [-0.39, 0.29) is 6.16 Å². The molecular formula is C5H9O3P. The van der Waals surface area contributed by atoms with E-state index < -0.39 is 7.60 Å². The fraction of sp³-hybridized carbons (Fsp3) is 0.200. The van der Waals surface area contributed by atoms with Gasteiger partial charge in [0.1, 0.15) is 0 Å². The van der Waals surface area contributed by atoms with E-state index in [4.69, 9.17) is 9.79 Å². The highest BCUT2D eigenvalue weighted by molar-refractivity contribution is 7.52. The quantitative estimate of drug-likeness (QED) is 0.462. The Bertz CT molecular complexity index is 167. The lowest BCUT2D eigenvalue weighted by atomic mass is 10.4. The largest absolute Gasteiger partial charge is 0.329 e. The summed E-state index contributed by atoms with van der Waals surface area (Å²) >= 11 is 0. The van der Waals surface area contributed by atoms with Crippen molar-refractivity contribution in [1.29, 1.82) is 0 Å². The molecular weight excluding hydrogens is 139 g/mol. The summed E-state index contributed by atoms with van der Waals surface area (Å²) in [7, 11) is -3.91. The summed E-state index contributed by atoms with van der Waals surface area (Å²) in [6, 6.07) is 0. The number of hydrogen-bond acceptors (Lipinski definition) is 1. The molecule has 0 saturated carbocycles. The van der Waals surface area contributed by atoms with Crippen LogP contribution in [0.4, 0.5) is 0 Å². The van der Waals surface area contributed by atoms with Crippen molar-refractivity contribution >= 4 is 7.60 Å². The van der Waals surface area contributed by atoms with Crippen molar-refractivity contribution in [3.63, 3.8) is 0 Å². The number of allylic oxidation sites excluding steroid dienone is 2. The van der Waals surface area contributed by atoms with Gasteiger partial charge < -0.3 is 9.79 Å². The van der Waals surface area contributed by atoms with Gasteiger partial charge in [-0.15, -0.1) is 0 Å². The fourth-order valence-corrected chi connectivity index (χ4v) is 0.987. The molecule has 0 aromatic rings. The Balaban J connectivity index is 3.89. The molecule has 0 spiro atoms. The summed E-state index contributed by atoms with van der Waals surface area (Å²) in [4.78, 5) is 16.6. The third-order valence-electron chi connectivity index (χ3n) is 0.698. The summed E-state index contributed by atoms with van der Waals surface area (Å²) in [5.74, 6) is 0. The Kier molecular flexibility index (Phi) is 2.85. The maximum Gasteiger partial charge on any atom is 0.329 e. The molecule has 0 aliphatic heterocycles. The monoisotopic (exact) mass is 148 g/mol. The molecule has 2 N–H and O–H groups in total. The topological polar surface area (TPSA) is 57.5 Å². The Labute approximate surface area is 53.9 Å². The van der Waals surface area contributed by atoms with Gasteiger partial charge in [0.25, 0.3) is 0 Å². The van der Waals surface area contributed by atoms with Gasteiger partial charge in [0.05, 0.1) is 6.16 Å². The fourth-order valence-electron chi connectivity index (χ4n) is 0.329. The zero-order chi connectivity index (χ0) is 7.49. The summed E-state index contributed by atoms with van der Waals surface area (Å²) in [5.41, 5.74) is 0.364. The first kappa shape index (κ1) is 8.63. The van der Waals surface area contributed by atoms with Gasteiger partial charge in [-0.25, -0.2) is 0 Å². The van der Waals surface area contributed by atoms with Gasteiger partial charge in [-0.3, -0.25) is 4.57 Å². The van der Waals surface area contributed by atoms with Crippen molar-refractivity contribution in [3.05, 3.63) is 24.8 Å². The number of hydrogen-bond donors (Lipinski definition) is 2. The molecule has 0 unspecified atom stereocenters. The number of rotatable bonds is 3. The zero-order valence-corrected chi connectivity index (χ0v) is 5.84. The van der Waals surface area contributed by atoms with Crippen molar-refractivity contribution in [2.45, 2.75) is 0 Å². The molecule has 0 heterocycles. The molecule has 0 radical (unpaired) electrons. The maximum absolute atomic E-state index is 10.2. The van der Waals surface area contributed by atoms with Crippen LogP contribution in [0.2, 0.25) is 0 Å². The van der Waals surface area contributed by atoms with Gasteiger partial charge >= 0.3 is 7.60 Å². The average Bonchev–Trinajstić information content (AvgIpc) is 1.62. The second kappa shape index (κ2) is 2.97. The third kappa shape index (κ3) is 5.50. The van der Waals surface area contributed by atoms with Gasteiger partial charge in [-0.1, -0.05) is 19.2 Å². The second-order valence-electron chi connectivity index (χ2n) is 1.69. The van der Waals surface area contributed by atoms with E-state index >= 15 is 0 Å². The molecule has 0 aromatic carbocycles. The van der Waals surface area contributed by atoms with E-state index in [0.717, 1.165) is 0 Å². The molecule has 0 fully saturated rings. The van der Waals surface area contributed by atoms with Crippen molar-refractivity contribution in [2.75, 3.05) is 6.16 Å². The SMILES string of the molecule is C=CC(=C)CP(=O)(O)O. The van der Waals surface area contributed by atoms with Gasteiger partial charge in [0.2, 0.25) is 0 Å². The molecule has 0 aliphatic carbocycles. The molecule has 52 valence electrons. The highest BCUT2D eigenvalue weighted by atomic mass is 31.2.